The molecule has 3 rings (SSSR count). The molecule has 0 saturated heterocycles. The summed E-state index contributed by atoms with van der Waals surface area (Å²) in [5.41, 5.74) is 7.68. The molecule has 0 radical (unpaired) electrons. The summed E-state index contributed by atoms with van der Waals surface area (Å²) in [4.78, 5) is 0. The Hall–Kier alpha value is -2.41. The summed E-state index contributed by atoms with van der Waals surface area (Å²) in [6.07, 6.45) is -0.784. The number of nitrogens with zero attached hydrogens (tertiary/aromatic N) is 1. The maximum Gasteiger partial charge on any atom is 0.148 e. The van der Waals surface area contributed by atoms with Crippen LogP contribution in [0.3, 0.4) is 0 Å². The van der Waals surface area contributed by atoms with Crippen molar-refractivity contribution in [1.82, 2.24) is 4.57 Å². The predicted molar refractivity (Wildman–Crippen MR) is 109 cm³/mol. The number of ether oxygens (including phenoxy) is 1. The lowest BCUT2D eigenvalue weighted by Gasteiger charge is -2.26. The van der Waals surface area contributed by atoms with E-state index in [9.17, 15) is 14.6 Å². The summed E-state index contributed by atoms with van der Waals surface area (Å²) >= 11 is 0. The van der Waals surface area contributed by atoms with Crippen LogP contribution in [0.5, 0.6) is 0 Å². The van der Waals surface area contributed by atoms with Gasteiger partial charge in [0.15, 0.2) is 0 Å². The first kappa shape index (κ1) is 20.3. The van der Waals surface area contributed by atoms with Crippen molar-refractivity contribution in [3.8, 4) is 0 Å². The van der Waals surface area contributed by atoms with Gasteiger partial charge < -0.3 is 25.3 Å². The van der Waals surface area contributed by atoms with Crippen LogP contribution in [0.2, 0.25) is 0 Å². The van der Waals surface area contributed by atoms with Gasteiger partial charge in [-0.05, 0) is 17.7 Å². The van der Waals surface area contributed by atoms with E-state index >= 15 is 0 Å². The third-order valence-corrected chi connectivity index (χ3v) is 4.92. The molecular weight excluding hydrogens is 359 g/mol. The van der Waals surface area contributed by atoms with Crippen LogP contribution < -0.4 is 5.73 Å². The smallest absolute Gasteiger partial charge is 0.148 e. The number of fused-ring (bicyclic) bond motifs is 1. The molecule has 2 aromatic carbocycles. The van der Waals surface area contributed by atoms with Crippen LogP contribution in [0.4, 0.5) is 10.1 Å². The average molecular weight is 386 g/mol. The number of benzene rings is 2. The Morgan fingerprint density at radius 1 is 1.18 bits per heavy atom. The van der Waals surface area contributed by atoms with Gasteiger partial charge >= 0.3 is 0 Å². The fraction of sp³-hybridized carbons (Fsp3) is 0.364. The molecule has 5 nitrogen and oxygen atoms in total. The zero-order valence-corrected chi connectivity index (χ0v) is 16.2. The van der Waals surface area contributed by atoms with E-state index in [2.05, 4.69) is 0 Å². The Balaban J connectivity index is 1.81. The van der Waals surface area contributed by atoms with Gasteiger partial charge in [-0.3, -0.25) is 0 Å². The van der Waals surface area contributed by atoms with Crippen molar-refractivity contribution in [3.05, 3.63) is 65.6 Å². The predicted octanol–water partition coefficient (Wildman–Crippen LogP) is 3.21. The second-order valence-electron chi connectivity index (χ2n) is 7.77. The minimum absolute atomic E-state index is 0.0738. The third kappa shape index (κ3) is 4.35. The first-order chi connectivity index (χ1) is 13.3. The molecule has 1 atom stereocenters. The summed E-state index contributed by atoms with van der Waals surface area (Å²) in [6.45, 7) is 4.49. The minimum Gasteiger partial charge on any atom is -0.396 e. The molecule has 28 heavy (non-hydrogen) atoms. The lowest BCUT2D eigenvalue weighted by molar-refractivity contribution is 0.0201. The highest BCUT2D eigenvalue weighted by molar-refractivity contribution is 5.85. The van der Waals surface area contributed by atoms with Crippen molar-refractivity contribution in [1.29, 1.82) is 0 Å². The van der Waals surface area contributed by atoms with Crippen LogP contribution in [0.15, 0.2) is 48.5 Å². The van der Waals surface area contributed by atoms with Gasteiger partial charge in [0, 0.05) is 22.6 Å². The Labute approximate surface area is 164 Å². The van der Waals surface area contributed by atoms with E-state index < -0.39 is 17.3 Å². The number of aliphatic hydroxyl groups excluding tert-OH is 2. The van der Waals surface area contributed by atoms with Gasteiger partial charge in [0.1, 0.15) is 5.82 Å². The summed E-state index contributed by atoms with van der Waals surface area (Å²) in [5, 5.41) is 21.1. The SMILES string of the molecule is CC(C)(CO)c1cc2cc(N)c(F)cc2n1C[C@@H](O)COCc1ccccc1. The highest BCUT2D eigenvalue weighted by Gasteiger charge is 2.26. The molecule has 0 bridgehead atoms. The fourth-order valence-corrected chi connectivity index (χ4v) is 3.29. The number of aliphatic hydroxyl groups is 2. The van der Waals surface area contributed by atoms with E-state index in [-0.39, 0.29) is 25.4 Å². The zero-order chi connectivity index (χ0) is 20.3. The van der Waals surface area contributed by atoms with E-state index in [1.807, 2.05) is 54.8 Å². The van der Waals surface area contributed by atoms with Crippen LogP contribution in [0, 0.1) is 5.82 Å². The van der Waals surface area contributed by atoms with Crippen molar-refractivity contribution in [3.63, 3.8) is 0 Å². The molecule has 3 aromatic rings. The molecular formula is C22H27FN2O3. The molecule has 0 unspecified atom stereocenters. The van der Waals surface area contributed by atoms with Gasteiger partial charge in [-0.15, -0.1) is 0 Å². The molecule has 0 aliphatic carbocycles. The molecule has 0 spiro atoms. The van der Waals surface area contributed by atoms with Gasteiger partial charge in [0.2, 0.25) is 0 Å². The highest BCUT2D eigenvalue weighted by atomic mass is 19.1. The van der Waals surface area contributed by atoms with E-state index in [1.54, 1.807) is 6.07 Å². The number of aromatic nitrogens is 1. The van der Waals surface area contributed by atoms with E-state index in [4.69, 9.17) is 10.5 Å². The van der Waals surface area contributed by atoms with Gasteiger partial charge in [-0.1, -0.05) is 44.2 Å². The lowest BCUT2D eigenvalue weighted by atomic mass is 9.90. The second kappa shape index (κ2) is 8.31. The van der Waals surface area contributed by atoms with Crippen molar-refractivity contribution >= 4 is 16.6 Å². The molecule has 6 heteroatoms. The van der Waals surface area contributed by atoms with E-state index in [1.165, 1.54) is 6.07 Å². The topological polar surface area (TPSA) is 80.6 Å². The van der Waals surface area contributed by atoms with Gasteiger partial charge in [-0.2, -0.15) is 0 Å². The van der Waals surface area contributed by atoms with Crippen LogP contribution in [-0.4, -0.2) is 34.1 Å². The first-order valence-electron chi connectivity index (χ1n) is 9.31. The Kier molecular flexibility index (Phi) is 6.03. The van der Waals surface area contributed by atoms with Crippen LogP contribution in [0.25, 0.3) is 10.9 Å². The number of hydrogen-bond acceptors (Lipinski definition) is 4. The minimum atomic E-state index is -0.784. The first-order valence-corrected chi connectivity index (χ1v) is 9.31. The van der Waals surface area contributed by atoms with Crippen molar-refractivity contribution < 1.29 is 19.3 Å². The molecule has 0 aliphatic heterocycles. The lowest BCUT2D eigenvalue weighted by Crippen LogP contribution is -2.29. The molecule has 4 N–H and O–H groups in total. The summed E-state index contributed by atoms with van der Waals surface area (Å²) < 4.78 is 21.5. The Morgan fingerprint density at radius 3 is 2.57 bits per heavy atom. The van der Waals surface area contributed by atoms with Crippen LogP contribution in [-0.2, 0) is 23.3 Å². The normalized spacial score (nSPS) is 13.2. The van der Waals surface area contributed by atoms with E-state index in [0.717, 1.165) is 16.6 Å². The van der Waals surface area contributed by atoms with Crippen molar-refractivity contribution in [2.24, 2.45) is 0 Å². The van der Waals surface area contributed by atoms with E-state index in [0.29, 0.717) is 12.1 Å². The average Bonchev–Trinajstić information content (AvgIpc) is 3.01. The fourth-order valence-electron chi connectivity index (χ4n) is 3.29. The standard InChI is InChI=1S/C22H27FN2O3/c1-22(2,14-26)21-9-16-8-19(24)18(23)10-20(16)25(21)11-17(27)13-28-12-15-6-4-3-5-7-15/h3-10,17,26-27H,11-14,24H2,1-2H3/t17-/m1/s1. The van der Waals surface area contributed by atoms with Crippen molar-refractivity contribution in [2.75, 3.05) is 18.9 Å². The van der Waals surface area contributed by atoms with Crippen molar-refractivity contribution in [2.45, 2.75) is 38.5 Å². The maximum absolute atomic E-state index is 14.1. The summed E-state index contributed by atoms with van der Waals surface area (Å²) in [6, 6.07) is 14.6. The number of hydrogen-bond donors (Lipinski definition) is 3. The zero-order valence-electron chi connectivity index (χ0n) is 16.2. The molecule has 0 aliphatic rings. The number of rotatable bonds is 8. The Bertz CT molecular complexity index is 938. The molecule has 0 saturated carbocycles. The molecule has 0 fully saturated rings. The second-order valence-corrected chi connectivity index (χ2v) is 7.77. The van der Waals surface area contributed by atoms with Gasteiger partial charge in [0.25, 0.3) is 0 Å². The molecule has 0 amide bonds. The van der Waals surface area contributed by atoms with Gasteiger partial charge in [-0.25, -0.2) is 4.39 Å². The molecule has 150 valence electrons. The molecule has 1 heterocycles. The van der Waals surface area contributed by atoms with Crippen LogP contribution >= 0.6 is 0 Å². The number of nitrogen functional groups attached to an aromatic ring is 1. The van der Waals surface area contributed by atoms with Gasteiger partial charge in [0.05, 0.1) is 43.7 Å². The number of anilines is 1. The third-order valence-electron chi connectivity index (χ3n) is 4.92. The Morgan fingerprint density at radius 2 is 1.89 bits per heavy atom. The number of halogens is 1. The number of nitrogens with two attached hydrogens (primary N) is 1. The highest BCUT2D eigenvalue weighted by Crippen LogP contribution is 2.32. The quantitative estimate of drug-likeness (QED) is 0.519. The monoisotopic (exact) mass is 386 g/mol. The van der Waals surface area contributed by atoms with Crippen LogP contribution in [0.1, 0.15) is 25.1 Å². The largest absolute Gasteiger partial charge is 0.396 e. The maximum atomic E-state index is 14.1. The summed E-state index contributed by atoms with van der Waals surface area (Å²) in [7, 11) is 0. The molecule has 1 aromatic heterocycles. The summed E-state index contributed by atoms with van der Waals surface area (Å²) in [5.74, 6) is -0.505.